The summed E-state index contributed by atoms with van der Waals surface area (Å²) in [5.74, 6) is -0.695. The van der Waals surface area contributed by atoms with E-state index in [1.165, 1.54) is 0 Å². The molecule has 1 N–H and O–H groups in total. The van der Waals surface area contributed by atoms with Gasteiger partial charge < -0.3 is 4.90 Å². The summed E-state index contributed by atoms with van der Waals surface area (Å²) in [6.45, 7) is 3.67. The molecule has 1 heterocycles. The summed E-state index contributed by atoms with van der Waals surface area (Å²) in [5, 5.41) is 2.27. The minimum atomic E-state index is -0.468. The van der Waals surface area contributed by atoms with Gasteiger partial charge in [0.1, 0.15) is 6.04 Å². The molecule has 1 atom stereocenters. The Morgan fingerprint density at radius 1 is 1.39 bits per heavy atom. The van der Waals surface area contributed by atoms with Crippen LogP contribution in [0.4, 0.5) is 5.69 Å². The van der Waals surface area contributed by atoms with Crippen molar-refractivity contribution >= 4 is 23.8 Å². The molecule has 5 heteroatoms. The molecule has 0 aromatic heterocycles. The minimum absolute atomic E-state index is 0.0802. The van der Waals surface area contributed by atoms with Crippen LogP contribution in [0.5, 0.6) is 0 Å². The third kappa shape index (κ3) is 2.11. The van der Waals surface area contributed by atoms with E-state index < -0.39 is 6.04 Å². The number of aldehydes is 1. The van der Waals surface area contributed by atoms with Crippen molar-refractivity contribution in [3.63, 3.8) is 0 Å². The van der Waals surface area contributed by atoms with Crippen molar-refractivity contribution in [3.05, 3.63) is 29.3 Å². The first-order valence-electron chi connectivity index (χ1n) is 5.69. The smallest absolute Gasteiger partial charge is 0.249 e. The molecule has 1 aromatic carbocycles. The van der Waals surface area contributed by atoms with Crippen LogP contribution in [0.15, 0.2) is 18.2 Å². The lowest BCUT2D eigenvalue weighted by atomic mass is 10.1. The average molecular weight is 246 g/mol. The van der Waals surface area contributed by atoms with Gasteiger partial charge in [-0.05, 0) is 26.0 Å². The van der Waals surface area contributed by atoms with Gasteiger partial charge >= 0.3 is 0 Å². The number of nitrogens with zero attached hydrogens (tertiary/aromatic N) is 1. The van der Waals surface area contributed by atoms with Gasteiger partial charge in [-0.3, -0.25) is 19.7 Å². The average Bonchev–Trinajstić information content (AvgIpc) is 2.34. The Bertz CT molecular complexity index is 525. The molecule has 1 unspecified atom stereocenters. The zero-order chi connectivity index (χ0) is 13.3. The van der Waals surface area contributed by atoms with Crippen molar-refractivity contribution in [1.82, 2.24) is 5.32 Å². The maximum atomic E-state index is 11.6. The van der Waals surface area contributed by atoms with Gasteiger partial charge in [-0.15, -0.1) is 0 Å². The van der Waals surface area contributed by atoms with Crippen LogP contribution in [0.1, 0.15) is 22.8 Å². The van der Waals surface area contributed by atoms with Crippen molar-refractivity contribution in [2.24, 2.45) is 0 Å². The quantitative estimate of drug-likeness (QED) is 0.615. The largest absolute Gasteiger partial charge is 0.350 e. The Kier molecular flexibility index (Phi) is 3.14. The summed E-state index contributed by atoms with van der Waals surface area (Å²) < 4.78 is 0. The van der Waals surface area contributed by atoms with E-state index >= 15 is 0 Å². The molecule has 1 aliphatic heterocycles. The lowest BCUT2D eigenvalue weighted by Crippen LogP contribution is -2.57. The molecule has 18 heavy (non-hydrogen) atoms. The van der Waals surface area contributed by atoms with Crippen molar-refractivity contribution in [2.45, 2.75) is 19.9 Å². The summed E-state index contributed by atoms with van der Waals surface area (Å²) in [6, 6.07) is 4.89. The van der Waals surface area contributed by atoms with Crippen LogP contribution < -0.4 is 10.2 Å². The van der Waals surface area contributed by atoms with Crippen LogP contribution in [-0.2, 0) is 9.59 Å². The minimum Gasteiger partial charge on any atom is -0.350 e. The fourth-order valence-corrected chi connectivity index (χ4v) is 2.04. The Balaban J connectivity index is 2.43. The SMILES string of the molecule is Cc1ccc(N2CC(=O)NC(=O)C2C)c(C=O)c1. The van der Waals surface area contributed by atoms with Crippen LogP contribution in [0, 0.1) is 6.92 Å². The van der Waals surface area contributed by atoms with Crippen LogP contribution in [-0.4, -0.2) is 30.7 Å². The van der Waals surface area contributed by atoms with E-state index in [1.807, 2.05) is 13.0 Å². The van der Waals surface area contributed by atoms with Crippen LogP contribution in [0.2, 0.25) is 0 Å². The highest BCUT2D eigenvalue weighted by Crippen LogP contribution is 2.23. The predicted octanol–water partition coefficient (Wildman–Crippen LogP) is 0.659. The summed E-state index contributed by atoms with van der Waals surface area (Å²) in [5.41, 5.74) is 2.07. The molecule has 0 bridgehead atoms. The first-order chi connectivity index (χ1) is 8.52. The number of amides is 2. The summed E-state index contributed by atoms with van der Waals surface area (Å²) in [4.78, 5) is 35.7. The topological polar surface area (TPSA) is 66.5 Å². The van der Waals surface area contributed by atoms with Gasteiger partial charge in [0.25, 0.3) is 0 Å². The van der Waals surface area contributed by atoms with E-state index in [9.17, 15) is 14.4 Å². The second-order valence-corrected chi connectivity index (χ2v) is 4.40. The fourth-order valence-electron chi connectivity index (χ4n) is 2.04. The van der Waals surface area contributed by atoms with E-state index in [4.69, 9.17) is 0 Å². The van der Waals surface area contributed by atoms with Crippen LogP contribution >= 0.6 is 0 Å². The number of imide groups is 1. The Labute approximate surface area is 105 Å². The van der Waals surface area contributed by atoms with E-state index in [1.54, 1.807) is 24.0 Å². The lowest BCUT2D eigenvalue weighted by Gasteiger charge is -2.34. The maximum Gasteiger partial charge on any atom is 0.249 e. The van der Waals surface area contributed by atoms with Crippen molar-refractivity contribution in [2.75, 3.05) is 11.4 Å². The maximum absolute atomic E-state index is 11.6. The van der Waals surface area contributed by atoms with E-state index in [0.717, 1.165) is 11.8 Å². The molecule has 0 radical (unpaired) electrons. The fraction of sp³-hybridized carbons (Fsp3) is 0.308. The molecule has 0 spiro atoms. The molecular weight excluding hydrogens is 232 g/mol. The zero-order valence-corrected chi connectivity index (χ0v) is 10.3. The standard InChI is InChI=1S/C13H14N2O3/c1-8-3-4-11(10(5-8)7-16)15-6-12(17)14-13(18)9(15)2/h3-5,7,9H,6H2,1-2H3,(H,14,17,18). The van der Waals surface area contributed by atoms with Crippen LogP contribution in [0.3, 0.4) is 0 Å². The molecule has 1 aliphatic rings. The molecule has 0 aliphatic carbocycles. The van der Waals surface area contributed by atoms with E-state index in [-0.39, 0.29) is 18.4 Å². The first kappa shape index (κ1) is 12.3. The lowest BCUT2D eigenvalue weighted by molar-refractivity contribution is -0.132. The van der Waals surface area contributed by atoms with Crippen molar-refractivity contribution in [1.29, 1.82) is 0 Å². The number of anilines is 1. The normalized spacial score (nSPS) is 19.7. The molecule has 2 rings (SSSR count). The van der Waals surface area contributed by atoms with Gasteiger partial charge in [0, 0.05) is 11.3 Å². The second-order valence-electron chi connectivity index (χ2n) is 4.40. The zero-order valence-electron chi connectivity index (χ0n) is 10.3. The summed E-state index contributed by atoms with van der Waals surface area (Å²) >= 11 is 0. The van der Waals surface area contributed by atoms with E-state index in [0.29, 0.717) is 11.3 Å². The van der Waals surface area contributed by atoms with Gasteiger partial charge in [0.2, 0.25) is 11.8 Å². The number of hydrogen-bond donors (Lipinski definition) is 1. The van der Waals surface area contributed by atoms with Crippen LogP contribution in [0.25, 0.3) is 0 Å². The van der Waals surface area contributed by atoms with Gasteiger partial charge in [0.05, 0.1) is 6.54 Å². The third-order valence-electron chi connectivity index (χ3n) is 3.04. The van der Waals surface area contributed by atoms with Gasteiger partial charge in [0.15, 0.2) is 6.29 Å². The molecule has 5 nitrogen and oxygen atoms in total. The summed E-state index contributed by atoms with van der Waals surface area (Å²) in [6.07, 6.45) is 0.742. The van der Waals surface area contributed by atoms with Gasteiger partial charge in [-0.1, -0.05) is 11.6 Å². The molecular formula is C13H14N2O3. The summed E-state index contributed by atoms with van der Waals surface area (Å²) in [7, 11) is 0. The highest BCUT2D eigenvalue weighted by Gasteiger charge is 2.31. The molecule has 1 aromatic rings. The highest BCUT2D eigenvalue weighted by molar-refractivity contribution is 6.05. The number of piperazine rings is 1. The number of hydrogen-bond acceptors (Lipinski definition) is 4. The first-order valence-corrected chi connectivity index (χ1v) is 5.69. The number of aryl methyl sites for hydroxylation is 1. The molecule has 1 saturated heterocycles. The number of nitrogens with one attached hydrogen (secondary N) is 1. The monoisotopic (exact) mass is 246 g/mol. The Morgan fingerprint density at radius 3 is 2.78 bits per heavy atom. The second kappa shape index (κ2) is 4.60. The number of rotatable bonds is 2. The molecule has 94 valence electrons. The molecule has 0 saturated carbocycles. The van der Waals surface area contributed by atoms with Gasteiger partial charge in [-0.25, -0.2) is 0 Å². The van der Waals surface area contributed by atoms with E-state index in [2.05, 4.69) is 5.32 Å². The Hall–Kier alpha value is -2.17. The van der Waals surface area contributed by atoms with Gasteiger partial charge in [-0.2, -0.15) is 0 Å². The predicted molar refractivity (Wildman–Crippen MR) is 66.5 cm³/mol. The number of carbonyl (C=O) groups excluding carboxylic acids is 3. The molecule has 2 amide bonds. The van der Waals surface area contributed by atoms with Crippen molar-refractivity contribution < 1.29 is 14.4 Å². The molecule has 1 fully saturated rings. The Morgan fingerprint density at radius 2 is 2.11 bits per heavy atom. The highest BCUT2D eigenvalue weighted by atomic mass is 16.2. The number of benzene rings is 1. The third-order valence-corrected chi connectivity index (χ3v) is 3.04. The van der Waals surface area contributed by atoms with Crippen molar-refractivity contribution in [3.8, 4) is 0 Å². The number of carbonyl (C=O) groups is 3.